The third kappa shape index (κ3) is 14.2. The summed E-state index contributed by atoms with van der Waals surface area (Å²) in [6, 6.07) is -1.19. The number of aromatic nitrogens is 4. The number of esters is 1. The number of hydrogen-bond donors (Lipinski definition) is 2. The lowest BCUT2D eigenvalue weighted by molar-refractivity contribution is -0.265. The van der Waals surface area contributed by atoms with E-state index < -0.39 is 77.8 Å². The minimum Gasteiger partial charge on any atom is -0.460 e. The normalized spacial score (nSPS) is 36.3. The average molecular weight is 966 g/mol. The number of amides is 1. The molecule has 0 radical (unpaired) electrons. The molecule has 4 aliphatic rings. The molecule has 17 heteroatoms. The van der Waals surface area contributed by atoms with Gasteiger partial charge in [0, 0.05) is 58.5 Å². The minimum atomic E-state index is -2.43. The SMILES string of the molecule is CO[C@@H]1C(=O)[C@@H](C)C[C@H](C)C=CC=CC=C(C)[C@H](OC)C[C@H]2CC[C@H](C)[C@@](O)(O2)C(=O)C(=O)N2CCCC[C@@H]2C(=O)O[C@H]([C@H](C)C[C@@H]2CC[C@H](n3cnnn3)[C@H](OC)C2)CC(=O)[C@H](C)C=C(C)[C@@H]1O. The first-order valence-corrected chi connectivity index (χ1v) is 25.0. The Kier molecular flexibility index (Phi) is 20.8. The number of piperidine rings is 1. The van der Waals surface area contributed by atoms with E-state index in [2.05, 4.69) is 15.5 Å². The van der Waals surface area contributed by atoms with Crippen molar-refractivity contribution in [1.29, 1.82) is 0 Å². The molecule has 15 atom stereocenters. The van der Waals surface area contributed by atoms with Gasteiger partial charge in [-0.25, -0.2) is 9.48 Å². The second-order valence-electron chi connectivity index (χ2n) is 20.4. The zero-order chi connectivity index (χ0) is 50.6. The van der Waals surface area contributed by atoms with Gasteiger partial charge in [0.25, 0.3) is 11.7 Å². The maximum Gasteiger partial charge on any atom is 0.329 e. The molecule has 4 heterocycles. The van der Waals surface area contributed by atoms with Crippen molar-refractivity contribution in [2.45, 2.75) is 180 Å². The van der Waals surface area contributed by atoms with Gasteiger partial charge in [-0.2, -0.15) is 0 Å². The van der Waals surface area contributed by atoms with Crippen molar-refractivity contribution in [3.05, 3.63) is 53.9 Å². The van der Waals surface area contributed by atoms with E-state index in [9.17, 15) is 34.2 Å². The van der Waals surface area contributed by atoms with Gasteiger partial charge in [-0.15, -0.1) is 5.10 Å². The van der Waals surface area contributed by atoms with Crippen LogP contribution in [0, 0.1) is 35.5 Å². The Balaban J connectivity index is 1.46. The predicted molar refractivity (Wildman–Crippen MR) is 256 cm³/mol. The standard InChI is InChI=1S/C52H79N5O12/c1-31-16-12-11-13-17-32(2)43(65-8)28-39-21-19-37(7)52(64,69-39)49(61)50(62)56-23-15-14-18-41(56)51(63)68-44(34(4)26-38-20-22-40(45(27-38)66-9)57-30-53-54-55-57)29-42(58)33(3)25-36(6)47(60)48(67-10)46(59)35(5)24-31/h11-13,16-17,25,30-31,33-35,37-41,43-45,47-48,60,64H,14-15,18-24,26-29H2,1-10H3/t31-,33-,34-,35+,37+,38+,39-,40+,41-,43-,44+,45-,47+,48-,52-/m1/s1. The Labute approximate surface area is 408 Å². The molecule has 0 aromatic carbocycles. The molecule has 0 spiro atoms. The van der Waals surface area contributed by atoms with Gasteiger partial charge in [0.2, 0.25) is 5.79 Å². The second-order valence-corrected chi connectivity index (χ2v) is 20.4. The number of Topliss-reactive ketones (excluding diaryl/α,β-unsaturated/α-hetero) is 3. The van der Waals surface area contributed by atoms with Gasteiger partial charge < -0.3 is 38.8 Å². The highest BCUT2D eigenvalue weighted by Crippen LogP contribution is 2.39. The number of carbonyl (C=O) groups is 5. The number of ether oxygens (including phenoxy) is 5. The summed E-state index contributed by atoms with van der Waals surface area (Å²) >= 11 is 0. The van der Waals surface area contributed by atoms with E-state index in [-0.39, 0.29) is 60.9 Å². The number of fused-ring (bicyclic) bond motifs is 3. The van der Waals surface area contributed by atoms with E-state index >= 15 is 0 Å². The highest BCUT2D eigenvalue weighted by molar-refractivity contribution is 6.39. The van der Waals surface area contributed by atoms with Crippen molar-refractivity contribution in [2.75, 3.05) is 27.9 Å². The molecule has 0 unspecified atom stereocenters. The summed E-state index contributed by atoms with van der Waals surface area (Å²) in [5, 5.41) is 35.2. The van der Waals surface area contributed by atoms with Gasteiger partial charge in [-0.05, 0) is 117 Å². The quantitative estimate of drug-likeness (QED) is 0.181. The summed E-state index contributed by atoms with van der Waals surface area (Å²) in [6.07, 6.45) is 13.9. The lowest BCUT2D eigenvalue weighted by Crippen LogP contribution is -2.61. The van der Waals surface area contributed by atoms with Crippen LogP contribution in [0.4, 0.5) is 0 Å². The first kappa shape index (κ1) is 55.7. The van der Waals surface area contributed by atoms with E-state index in [1.165, 1.54) is 12.0 Å². The monoisotopic (exact) mass is 966 g/mol. The molecule has 17 nitrogen and oxygen atoms in total. The van der Waals surface area contributed by atoms with E-state index in [1.807, 2.05) is 58.1 Å². The van der Waals surface area contributed by atoms with Crippen molar-refractivity contribution < 1.29 is 57.9 Å². The zero-order valence-corrected chi connectivity index (χ0v) is 42.5. The van der Waals surface area contributed by atoms with Crippen molar-refractivity contribution >= 4 is 29.2 Å². The molecule has 1 aliphatic carbocycles. The molecule has 384 valence electrons. The number of nitrogens with zero attached hydrogens (tertiary/aromatic N) is 5. The van der Waals surface area contributed by atoms with Crippen LogP contribution in [0.3, 0.4) is 0 Å². The number of hydrogen-bond acceptors (Lipinski definition) is 15. The summed E-state index contributed by atoms with van der Waals surface area (Å²) in [4.78, 5) is 72.3. The largest absolute Gasteiger partial charge is 0.460 e. The van der Waals surface area contributed by atoms with Crippen LogP contribution in [0.1, 0.15) is 132 Å². The first-order valence-electron chi connectivity index (χ1n) is 25.0. The summed E-state index contributed by atoms with van der Waals surface area (Å²) < 4.78 is 31.6. The molecule has 3 aliphatic heterocycles. The third-order valence-electron chi connectivity index (χ3n) is 15.2. The van der Waals surface area contributed by atoms with E-state index in [1.54, 1.807) is 52.1 Å². The molecule has 69 heavy (non-hydrogen) atoms. The average Bonchev–Trinajstić information content (AvgIpc) is 3.88. The topological polar surface area (TPSA) is 219 Å². The Morgan fingerprint density at radius 3 is 2.32 bits per heavy atom. The number of rotatable bonds is 7. The van der Waals surface area contributed by atoms with Crippen molar-refractivity contribution in [2.24, 2.45) is 35.5 Å². The second kappa shape index (κ2) is 25.7. The van der Waals surface area contributed by atoms with Crippen LogP contribution in [0.5, 0.6) is 0 Å². The van der Waals surface area contributed by atoms with Gasteiger partial charge >= 0.3 is 5.97 Å². The van der Waals surface area contributed by atoms with Gasteiger partial charge in [-0.1, -0.05) is 71.1 Å². The maximum absolute atomic E-state index is 14.5. The van der Waals surface area contributed by atoms with Crippen molar-refractivity contribution in [3.8, 4) is 0 Å². The summed E-state index contributed by atoms with van der Waals surface area (Å²) in [7, 11) is 4.62. The molecular formula is C52H79N5O12. The van der Waals surface area contributed by atoms with Crippen LogP contribution in [-0.2, 0) is 47.7 Å². The lowest BCUT2D eigenvalue weighted by atomic mass is 9.77. The van der Waals surface area contributed by atoms with Crippen molar-refractivity contribution in [1.82, 2.24) is 25.1 Å². The van der Waals surface area contributed by atoms with Crippen LogP contribution in [0.25, 0.3) is 0 Å². The van der Waals surface area contributed by atoms with Gasteiger partial charge in [0.1, 0.15) is 36.5 Å². The smallest absolute Gasteiger partial charge is 0.329 e. The number of aliphatic hydroxyl groups excluding tert-OH is 1. The highest BCUT2D eigenvalue weighted by Gasteiger charge is 2.53. The van der Waals surface area contributed by atoms with E-state index in [0.717, 1.165) is 18.4 Å². The Morgan fingerprint density at radius 1 is 0.884 bits per heavy atom. The number of cyclic esters (lactones) is 1. The third-order valence-corrected chi connectivity index (χ3v) is 15.2. The minimum absolute atomic E-state index is 0.0170. The number of tetrazole rings is 1. The number of allylic oxidation sites excluding steroid dienone is 6. The molecule has 2 bridgehead atoms. The molecule has 1 amide bonds. The number of aliphatic hydroxyl groups is 2. The van der Waals surface area contributed by atoms with Crippen molar-refractivity contribution in [3.63, 3.8) is 0 Å². The summed E-state index contributed by atoms with van der Waals surface area (Å²) in [5.74, 6) is -7.92. The number of carbonyl (C=O) groups excluding carboxylic acids is 5. The Bertz CT molecular complexity index is 2020. The molecule has 1 aromatic rings. The van der Waals surface area contributed by atoms with Crippen LogP contribution < -0.4 is 0 Å². The van der Waals surface area contributed by atoms with Crippen LogP contribution in [-0.4, -0.2) is 141 Å². The fourth-order valence-electron chi connectivity index (χ4n) is 10.7. The first-order chi connectivity index (χ1) is 32.8. The van der Waals surface area contributed by atoms with Crippen LogP contribution in [0.2, 0.25) is 0 Å². The van der Waals surface area contributed by atoms with E-state index in [4.69, 9.17) is 23.7 Å². The molecule has 5 rings (SSSR count). The fraction of sp³-hybridized carbons (Fsp3) is 0.731. The molecule has 2 saturated heterocycles. The lowest BCUT2D eigenvalue weighted by Gasteiger charge is -2.42. The molecule has 1 saturated carbocycles. The molecular weight excluding hydrogens is 887 g/mol. The van der Waals surface area contributed by atoms with Gasteiger partial charge in [-0.3, -0.25) is 19.2 Å². The van der Waals surface area contributed by atoms with Gasteiger partial charge in [0.05, 0.1) is 24.4 Å². The maximum atomic E-state index is 14.5. The predicted octanol–water partition coefficient (Wildman–Crippen LogP) is 6.05. The summed E-state index contributed by atoms with van der Waals surface area (Å²) in [6.45, 7) is 12.8. The molecule has 3 fully saturated rings. The Morgan fingerprint density at radius 2 is 1.64 bits per heavy atom. The van der Waals surface area contributed by atoms with E-state index in [0.29, 0.717) is 56.9 Å². The molecule has 2 N–H and O–H groups in total. The zero-order valence-electron chi connectivity index (χ0n) is 42.5. The number of ketones is 3. The highest BCUT2D eigenvalue weighted by atomic mass is 16.6. The van der Waals surface area contributed by atoms with Gasteiger partial charge in [0.15, 0.2) is 5.78 Å². The summed E-state index contributed by atoms with van der Waals surface area (Å²) in [5.41, 5.74) is 1.27. The number of methoxy groups -OCH3 is 3. The van der Waals surface area contributed by atoms with Crippen LogP contribution in [0.15, 0.2) is 53.9 Å². The molecule has 1 aromatic heterocycles. The Hall–Kier alpha value is -4.26. The fourth-order valence-corrected chi connectivity index (χ4v) is 10.7. The van der Waals surface area contributed by atoms with Crippen LogP contribution >= 0.6 is 0 Å².